The van der Waals surface area contributed by atoms with E-state index in [2.05, 4.69) is 38.7 Å². The number of fused-ring (bicyclic) bond motifs is 1. The zero-order chi connectivity index (χ0) is 16.1. The highest BCUT2D eigenvalue weighted by molar-refractivity contribution is 6.63. The van der Waals surface area contributed by atoms with Gasteiger partial charge in [-0.2, -0.15) is 0 Å². The van der Waals surface area contributed by atoms with Crippen molar-refractivity contribution in [1.82, 2.24) is 4.98 Å². The van der Waals surface area contributed by atoms with Gasteiger partial charge >= 0.3 is 7.12 Å². The number of rotatable bonds is 2. The van der Waals surface area contributed by atoms with Crippen LogP contribution in [0.5, 0.6) is 5.75 Å². The summed E-state index contributed by atoms with van der Waals surface area (Å²) in [4.78, 5) is 4.34. The van der Waals surface area contributed by atoms with Crippen LogP contribution in [-0.2, 0) is 9.31 Å². The molecule has 3 rings (SSSR count). The quantitative estimate of drug-likeness (QED) is 0.800. The standard InChI is InChI=1S/C17H22BNO3/c1-11-13-10-15(20-6)14(9-12(13)7-8-19-11)18-21-16(2,3)17(4,5)22-18/h7-10H,1-6H3. The monoisotopic (exact) mass is 299 g/mol. The Bertz CT molecular complexity index is 711. The molecule has 1 aromatic carbocycles. The topological polar surface area (TPSA) is 40.6 Å². The summed E-state index contributed by atoms with van der Waals surface area (Å²) in [6.45, 7) is 10.2. The van der Waals surface area contributed by atoms with E-state index >= 15 is 0 Å². The van der Waals surface area contributed by atoms with Gasteiger partial charge in [-0.05, 0) is 52.1 Å². The number of ether oxygens (including phenoxy) is 1. The summed E-state index contributed by atoms with van der Waals surface area (Å²) in [6, 6.07) is 6.08. The Morgan fingerprint density at radius 3 is 2.32 bits per heavy atom. The maximum atomic E-state index is 6.15. The fraction of sp³-hybridized carbons (Fsp3) is 0.471. The highest BCUT2D eigenvalue weighted by Crippen LogP contribution is 2.37. The Morgan fingerprint density at radius 2 is 1.73 bits per heavy atom. The molecule has 1 saturated heterocycles. The van der Waals surface area contributed by atoms with Crippen molar-refractivity contribution in [3.05, 3.63) is 30.1 Å². The lowest BCUT2D eigenvalue weighted by Crippen LogP contribution is -2.41. The molecule has 116 valence electrons. The molecule has 1 aromatic heterocycles. The van der Waals surface area contributed by atoms with E-state index in [9.17, 15) is 0 Å². The number of hydrogen-bond acceptors (Lipinski definition) is 4. The van der Waals surface area contributed by atoms with E-state index in [1.165, 1.54) is 0 Å². The molecular weight excluding hydrogens is 277 g/mol. The van der Waals surface area contributed by atoms with Gasteiger partial charge in [-0.15, -0.1) is 0 Å². The van der Waals surface area contributed by atoms with Crippen molar-refractivity contribution in [3.8, 4) is 5.75 Å². The normalized spacial score (nSPS) is 19.6. The van der Waals surface area contributed by atoms with Crippen molar-refractivity contribution < 1.29 is 14.0 Å². The molecule has 0 unspecified atom stereocenters. The summed E-state index contributed by atoms with van der Waals surface area (Å²) in [5.74, 6) is 0.766. The van der Waals surface area contributed by atoms with E-state index in [1.54, 1.807) is 7.11 Å². The van der Waals surface area contributed by atoms with Crippen LogP contribution in [0.4, 0.5) is 0 Å². The van der Waals surface area contributed by atoms with Crippen molar-refractivity contribution in [1.29, 1.82) is 0 Å². The van der Waals surface area contributed by atoms with E-state index in [-0.39, 0.29) is 11.2 Å². The number of hydrogen-bond donors (Lipinski definition) is 0. The van der Waals surface area contributed by atoms with Gasteiger partial charge in [-0.3, -0.25) is 4.98 Å². The molecular formula is C17H22BNO3. The van der Waals surface area contributed by atoms with Crippen LogP contribution in [-0.4, -0.2) is 30.4 Å². The molecule has 0 atom stereocenters. The van der Waals surface area contributed by atoms with Crippen LogP contribution in [0.15, 0.2) is 24.4 Å². The second kappa shape index (κ2) is 4.96. The van der Waals surface area contributed by atoms with Crippen molar-refractivity contribution in [2.75, 3.05) is 7.11 Å². The van der Waals surface area contributed by atoms with E-state index in [0.29, 0.717) is 0 Å². The van der Waals surface area contributed by atoms with Crippen molar-refractivity contribution in [3.63, 3.8) is 0 Å². The molecule has 0 radical (unpaired) electrons. The van der Waals surface area contributed by atoms with E-state index in [1.807, 2.05) is 25.3 Å². The Kier molecular flexibility index (Phi) is 3.46. The highest BCUT2D eigenvalue weighted by Gasteiger charge is 2.52. The molecule has 0 bridgehead atoms. The van der Waals surface area contributed by atoms with Crippen LogP contribution in [0.3, 0.4) is 0 Å². The van der Waals surface area contributed by atoms with Gasteiger partial charge in [0.1, 0.15) is 5.75 Å². The molecule has 1 aliphatic rings. The second-order valence-electron chi connectivity index (χ2n) is 6.80. The van der Waals surface area contributed by atoms with Crippen LogP contribution in [0.2, 0.25) is 0 Å². The fourth-order valence-corrected chi connectivity index (χ4v) is 2.70. The molecule has 0 amide bonds. The summed E-state index contributed by atoms with van der Waals surface area (Å²) in [6.07, 6.45) is 1.82. The molecule has 0 aliphatic carbocycles. The van der Waals surface area contributed by atoms with Gasteiger partial charge in [0.15, 0.2) is 0 Å². The maximum Gasteiger partial charge on any atom is 0.498 e. The van der Waals surface area contributed by atoms with Crippen molar-refractivity contribution in [2.24, 2.45) is 0 Å². The van der Waals surface area contributed by atoms with Crippen LogP contribution in [0.1, 0.15) is 33.4 Å². The highest BCUT2D eigenvalue weighted by atomic mass is 16.7. The van der Waals surface area contributed by atoms with E-state index in [4.69, 9.17) is 14.0 Å². The lowest BCUT2D eigenvalue weighted by Gasteiger charge is -2.32. The van der Waals surface area contributed by atoms with Crippen molar-refractivity contribution >= 4 is 23.4 Å². The predicted octanol–water partition coefficient (Wildman–Crippen LogP) is 2.85. The van der Waals surface area contributed by atoms with Crippen molar-refractivity contribution in [2.45, 2.75) is 45.8 Å². The molecule has 1 aliphatic heterocycles. The zero-order valence-electron chi connectivity index (χ0n) is 14.1. The molecule has 22 heavy (non-hydrogen) atoms. The molecule has 0 saturated carbocycles. The summed E-state index contributed by atoms with van der Waals surface area (Å²) >= 11 is 0. The Hall–Kier alpha value is -1.59. The van der Waals surface area contributed by atoms with Gasteiger partial charge in [0.2, 0.25) is 0 Å². The minimum absolute atomic E-state index is 0.369. The maximum absolute atomic E-state index is 6.15. The number of pyridine rings is 1. The lowest BCUT2D eigenvalue weighted by atomic mass is 9.77. The minimum atomic E-state index is -0.433. The first kappa shape index (κ1) is 15.3. The smallest absolute Gasteiger partial charge is 0.497 e. The van der Waals surface area contributed by atoms with Gasteiger partial charge in [0.05, 0.1) is 18.3 Å². The average Bonchev–Trinajstić information content (AvgIpc) is 2.66. The van der Waals surface area contributed by atoms with Crippen LogP contribution >= 0.6 is 0 Å². The van der Waals surface area contributed by atoms with Gasteiger partial charge in [0.25, 0.3) is 0 Å². The van der Waals surface area contributed by atoms with Gasteiger partial charge in [0, 0.05) is 22.7 Å². The van der Waals surface area contributed by atoms with Gasteiger partial charge < -0.3 is 14.0 Å². The first-order valence-electron chi connectivity index (χ1n) is 7.54. The Morgan fingerprint density at radius 1 is 1.09 bits per heavy atom. The van der Waals surface area contributed by atoms with Gasteiger partial charge in [-0.1, -0.05) is 6.07 Å². The zero-order valence-corrected chi connectivity index (χ0v) is 14.1. The Balaban J connectivity index is 2.12. The van der Waals surface area contributed by atoms with Gasteiger partial charge in [-0.25, -0.2) is 0 Å². The number of methoxy groups -OCH3 is 1. The largest absolute Gasteiger partial charge is 0.498 e. The SMILES string of the molecule is COc1cc2c(C)nccc2cc1B1OC(C)(C)C(C)(C)O1. The first-order chi connectivity index (χ1) is 10.2. The molecule has 4 nitrogen and oxygen atoms in total. The van der Waals surface area contributed by atoms with Crippen LogP contribution < -0.4 is 10.2 Å². The first-order valence-corrected chi connectivity index (χ1v) is 7.54. The van der Waals surface area contributed by atoms with E-state index in [0.717, 1.165) is 27.7 Å². The second-order valence-corrected chi connectivity index (χ2v) is 6.80. The fourth-order valence-electron chi connectivity index (χ4n) is 2.70. The number of nitrogens with zero attached hydrogens (tertiary/aromatic N) is 1. The summed E-state index contributed by atoms with van der Waals surface area (Å²) in [7, 11) is 1.24. The lowest BCUT2D eigenvalue weighted by molar-refractivity contribution is 0.00578. The summed E-state index contributed by atoms with van der Waals surface area (Å²) in [5, 5.41) is 2.19. The predicted molar refractivity (Wildman–Crippen MR) is 88.7 cm³/mol. The molecule has 5 heteroatoms. The third-order valence-corrected chi connectivity index (χ3v) is 4.82. The number of aryl methyl sites for hydroxylation is 1. The van der Waals surface area contributed by atoms with Crippen LogP contribution in [0, 0.1) is 6.92 Å². The number of benzene rings is 1. The molecule has 0 spiro atoms. The third-order valence-electron chi connectivity index (χ3n) is 4.82. The average molecular weight is 299 g/mol. The molecule has 2 heterocycles. The minimum Gasteiger partial charge on any atom is -0.497 e. The number of aromatic nitrogens is 1. The molecule has 1 fully saturated rings. The molecule has 2 aromatic rings. The third kappa shape index (κ3) is 2.29. The summed E-state index contributed by atoms with van der Waals surface area (Å²) < 4.78 is 17.9. The summed E-state index contributed by atoms with van der Waals surface area (Å²) in [5.41, 5.74) is 1.16. The van der Waals surface area contributed by atoms with E-state index < -0.39 is 7.12 Å². The van der Waals surface area contributed by atoms with Crippen LogP contribution in [0.25, 0.3) is 10.8 Å². The molecule has 0 N–H and O–H groups in total. The Labute approximate surface area is 131 Å².